The van der Waals surface area contributed by atoms with Crippen LogP contribution in [0, 0.1) is 12.8 Å². The number of aromatic nitrogens is 2. The summed E-state index contributed by atoms with van der Waals surface area (Å²) in [5, 5.41) is 7.43. The lowest BCUT2D eigenvalue weighted by atomic mass is 9.92. The highest BCUT2D eigenvalue weighted by atomic mass is 16.2. The fourth-order valence-corrected chi connectivity index (χ4v) is 4.45. The van der Waals surface area contributed by atoms with E-state index in [1.165, 1.54) is 12.8 Å². The summed E-state index contributed by atoms with van der Waals surface area (Å²) < 4.78 is 1.74. The van der Waals surface area contributed by atoms with E-state index >= 15 is 0 Å². The monoisotopic (exact) mass is 389 g/mol. The van der Waals surface area contributed by atoms with Crippen molar-refractivity contribution in [1.29, 1.82) is 0 Å². The lowest BCUT2D eigenvalue weighted by molar-refractivity contribution is -0.121. The van der Waals surface area contributed by atoms with Crippen LogP contribution in [0.2, 0.25) is 0 Å². The molecule has 2 aliphatic heterocycles. The van der Waals surface area contributed by atoms with E-state index in [1.54, 1.807) is 4.68 Å². The Labute approximate surface area is 168 Å². The highest BCUT2D eigenvalue weighted by Gasteiger charge is 2.26. The normalized spacial score (nSPS) is 21.2. The number of likely N-dealkylation sites (tertiary alicyclic amines) is 2. The van der Waals surface area contributed by atoms with Crippen molar-refractivity contribution in [3.63, 3.8) is 0 Å². The molecular weight excluding hydrogens is 354 g/mol. The minimum atomic E-state index is 0.0249. The lowest BCUT2D eigenvalue weighted by Gasteiger charge is -2.31. The Morgan fingerprint density at radius 2 is 1.96 bits per heavy atom. The highest BCUT2D eigenvalue weighted by Crippen LogP contribution is 2.23. The quantitative estimate of drug-likeness (QED) is 0.774. The summed E-state index contributed by atoms with van der Waals surface area (Å²) in [6.07, 6.45) is 5.88. The summed E-state index contributed by atoms with van der Waals surface area (Å²) in [4.78, 5) is 29.2. The predicted molar refractivity (Wildman–Crippen MR) is 109 cm³/mol. The molecule has 0 spiro atoms. The first-order chi connectivity index (χ1) is 13.5. The van der Waals surface area contributed by atoms with Gasteiger partial charge in [0.2, 0.25) is 5.91 Å². The molecule has 0 aliphatic carbocycles. The second-order valence-corrected chi connectivity index (χ2v) is 8.30. The van der Waals surface area contributed by atoms with Crippen LogP contribution in [0.4, 0.5) is 0 Å². The number of piperidine rings is 1. The summed E-state index contributed by atoms with van der Waals surface area (Å²) in [6, 6.07) is 2.36. The number of carbonyl (C=O) groups excluding carboxylic acids is 2. The summed E-state index contributed by atoms with van der Waals surface area (Å²) in [5.74, 6) is 0.723. The number of carbonyl (C=O) groups is 2. The van der Waals surface area contributed by atoms with E-state index in [2.05, 4.69) is 22.2 Å². The summed E-state index contributed by atoms with van der Waals surface area (Å²) in [5.41, 5.74) is 1.52. The first-order valence-corrected chi connectivity index (χ1v) is 10.8. The number of hydrogen-bond donors (Lipinski definition) is 1. The summed E-state index contributed by atoms with van der Waals surface area (Å²) >= 11 is 0. The van der Waals surface area contributed by atoms with E-state index in [4.69, 9.17) is 0 Å². The Hall–Kier alpha value is -1.89. The van der Waals surface area contributed by atoms with Gasteiger partial charge in [0.1, 0.15) is 0 Å². The van der Waals surface area contributed by atoms with Crippen LogP contribution in [0.25, 0.3) is 0 Å². The maximum absolute atomic E-state index is 12.6. The largest absolute Gasteiger partial charge is 0.355 e. The Morgan fingerprint density at radius 1 is 1.21 bits per heavy atom. The van der Waals surface area contributed by atoms with Gasteiger partial charge in [-0.25, -0.2) is 0 Å². The molecule has 1 aromatic rings. The third kappa shape index (κ3) is 5.13. The maximum atomic E-state index is 12.6. The molecule has 2 fully saturated rings. The van der Waals surface area contributed by atoms with Crippen molar-refractivity contribution in [2.75, 3.05) is 32.7 Å². The molecule has 3 rings (SSSR count). The van der Waals surface area contributed by atoms with Crippen LogP contribution in [0.1, 0.15) is 61.6 Å². The van der Waals surface area contributed by atoms with Gasteiger partial charge < -0.3 is 10.2 Å². The van der Waals surface area contributed by atoms with Gasteiger partial charge in [0.25, 0.3) is 5.91 Å². The zero-order chi connectivity index (χ0) is 20.1. The molecule has 3 heterocycles. The molecule has 2 amide bonds. The molecular formula is C21H35N5O2. The van der Waals surface area contributed by atoms with Crippen molar-refractivity contribution in [2.45, 2.75) is 58.4 Å². The van der Waals surface area contributed by atoms with Crippen LogP contribution in [-0.4, -0.2) is 70.2 Å². The van der Waals surface area contributed by atoms with E-state index in [0.717, 1.165) is 57.7 Å². The Bertz CT molecular complexity index is 659. The van der Waals surface area contributed by atoms with Gasteiger partial charge in [0, 0.05) is 44.8 Å². The summed E-state index contributed by atoms with van der Waals surface area (Å²) in [6.45, 7) is 8.66. The minimum absolute atomic E-state index is 0.0249. The standard InChI is InChI=1S/C21H35N5O2/c1-4-25-11-5-6-18(25)15-22-20(27)8-7-17-9-12-26(13-10-17)21(28)19-14-16(2)24(3)23-19/h14,17-18H,4-13,15H2,1-3H3,(H,22,27). The second kappa shape index (κ2) is 9.54. The second-order valence-electron chi connectivity index (χ2n) is 8.30. The van der Waals surface area contributed by atoms with E-state index in [1.807, 2.05) is 24.9 Å². The number of likely N-dealkylation sites (N-methyl/N-ethyl adjacent to an activating group) is 1. The first-order valence-electron chi connectivity index (χ1n) is 10.8. The predicted octanol–water partition coefficient (Wildman–Crippen LogP) is 1.96. The number of amides is 2. The van der Waals surface area contributed by atoms with E-state index < -0.39 is 0 Å². The van der Waals surface area contributed by atoms with E-state index in [9.17, 15) is 9.59 Å². The number of aryl methyl sites for hydroxylation is 2. The molecule has 2 saturated heterocycles. The third-order valence-electron chi connectivity index (χ3n) is 6.45. The zero-order valence-electron chi connectivity index (χ0n) is 17.6. The topological polar surface area (TPSA) is 70.5 Å². The molecule has 7 nitrogen and oxygen atoms in total. The Balaban J connectivity index is 1.35. The van der Waals surface area contributed by atoms with Gasteiger partial charge in [-0.2, -0.15) is 5.10 Å². The van der Waals surface area contributed by atoms with Crippen LogP contribution in [0.5, 0.6) is 0 Å². The highest BCUT2D eigenvalue weighted by molar-refractivity contribution is 5.92. The lowest BCUT2D eigenvalue weighted by Crippen LogP contribution is -2.40. The zero-order valence-corrected chi connectivity index (χ0v) is 17.6. The van der Waals surface area contributed by atoms with Crippen LogP contribution in [0.3, 0.4) is 0 Å². The Morgan fingerprint density at radius 3 is 2.61 bits per heavy atom. The first kappa shape index (κ1) is 20.8. The molecule has 1 unspecified atom stereocenters. The molecule has 2 aliphatic rings. The van der Waals surface area contributed by atoms with E-state index in [-0.39, 0.29) is 11.8 Å². The number of hydrogen-bond acceptors (Lipinski definition) is 4. The van der Waals surface area contributed by atoms with Gasteiger partial charge >= 0.3 is 0 Å². The molecule has 156 valence electrons. The third-order valence-corrected chi connectivity index (χ3v) is 6.45. The van der Waals surface area contributed by atoms with Gasteiger partial charge in [-0.3, -0.25) is 19.2 Å². The van der Waals surface area contributed by atoms with Crippen LogP contribution in [-0.2, 0) is 11.8 Å². The molecule has 1 N–H and O–H groups in total. The fraction of sp³-hybridized carbons (Fsp3) is 0.762. The van der Waals surface area contributed by atoms with Crippen molar-refractivity contribution in [3.05, 3.63) is 17.5 Å². The van der Waals surface area contributed by atoms with Gasteiger partial charge in [-0.15, -0.1) is 0 Å². The number of nitrogens with zero attached hydrogens (tertiary/aromatic N) is 4. The van der Waals surface area contributed by atoms with Crippen molar-refractivity contribution in [3.8, 4) is 0 Å². The van der Waals surface area contributed by atoms with E-state index in [0.29, 0.717) is 24.1 Å². The van der Waals surface area contributed by atoms with Crippen LogP contribution < -0.4 is 5.32 Å². The molecule has 0 bridgehead atoms. The van der Waals surface area contributed by atoms with Crippen LogP contribution in [0.15, 0.2) is 6.07 Å². The van der Waals surface area contributed by atoms with Crippen molar-refractivity contribution in [2.24, 2.45) is 13.0 Å². The molecule has 0 saturated carbocycles. The SMILES string of the molecule is CCN1CCCC1CNC(=O)CCC1CCN(C(=O)c2cc(C)n(C)n2)CC1. The molecule has 1 aromatic heterocycles. The number of nitrogens with one attached hydrogen (secondary N) is 1. The van der Waals surface area contributed by atoms with Crippen LogP contribution >= 0.6 is 0 Å². The molecule has 7 heteroatoms. The molecule has 0 aromatic carbocycles. The molecule has 28 heavy (non-hydrogen) atoms. The van der Waals surface area contributed by atoms with Crippen molar-refractivity contribution in [1.82, 2.24) is 24.9 Å². The summed E-state index contributed by atoms with van der Waals surface area (Å²) in [7, 11) is 1.86. The van der Waals surface area contributed by atoms with Gasteiger partial charge in [-0.05, 0) is 64.1 Å². The maximum Gasteiger partial charge on any atom is 0.274 e. The average molecular weight is 390 g/mol. The minimum Gasteiger partial charge on any atom is -0.355 e. The number of rotatable bonds is 7. The molecule has 1 atom stereocenters. The fourth-order valence-electron chi connectivity index (χ4n) is 4.45. The smallest absolute Gasteiger partial charge is 0.274 e. The van der Waals surface area contributed by atoms with Gasteiger partial charge in [0.05, 0.1) is 0 Å². The Kier molecular flexibility index (Phi) is 7.10. The van der Waals surface area contributed by atoms with Gasteiger partial charge in [0.15, 0.2) is 5.69 Å². The molecule has 0 radical (unpaired) electrons. The van der Waals surface area contributed by atoms with Crippen molar-refractivity contribution >= 4 is 11.8 Å². The van der Waals surface area contributed by atoms with Crippen molar-refractivity contribution < 1.29 is 9.59 Å². The van der Waals surface area contributed by atoms with Gasteiger partial charge in [-0.1, -0.05) is 6.92 Å². The average Bonchev–Trinajstić information content (AvgIpc) is 3.30.